The molecule has 2 atom stereocenters. The van der Waals surface area contributed by atoms with E-state index in [0.717, 1.165) is 59.8 Å². The van der Waals surface area contributed by atoms with Crippen LogP contribution in [0.2, 0.25) is 0 Å². The number of aromatic nitrogens is 2. The fourth-order valence-corrected chi connectivity index (χ4v) is 8.73. The third-order valence-electron chi connectivity index (χ3n) is 13.2. The fraction of sp³-hybridized carbons (Fsp3) is 0.423. The van der Waals surface area contributed by atoms with E-state index < -0.39 is 45.9 Å². The van der Waals surface area contributed by atoms with E-state index in [1.54, 1.807) is 24.3 Å². The molecule has 0 fully saturated rings. The molecule has 9 heteroatoms. The molecule has 3 aliphatic carbocycles. The van der Waals surface area contributed by atoms with Crippen molar-refractivity contribution in [2.75, 3.05) is 0 Å². The van der Waals surface area contributed by atoms with Gasteiger partial charge < -0.3 is 13.9 Å². The number of rotatable bonds is 14. The van der Waals surface area contributed by atoms with E-state index in [0.29, 0.717) is 37.5 Å². The minimum absolute atomic E-state index is 0.0139. The van der Waals surface area contributed by atoms with Gasteiger partial charge >= 0.3 is 0 Å². The third-order valence-corrected chi connectivity index (χ3v) is 13.2. The summed E-state index contributed by atoms with van der Waals surface area (Å²) in [4.78, 5) is 0. The molecule has 1 aromatic heterocycles. The summed E-state index contributed by atoms with van der Waals surface area (Å²) in [5, 5.41) is 7.77. The molecular weight excluding hydrogens is 777 g/mol. The van der Waals surface area contributed by atoms with Crippen LogP contribution in [-0.4, -0.2) is 15.8 Å². The number of hydrogen-bond acceptors (Lipinski definition) is 5. The Bertz CT molecular complexity index is 2380. The van der Waals surface area contributed by atoms with Crippen molar-refractivity contribution in [2.24, 2.45) is 17.3 Å². The SMILES string of the molecule is C=CCC1=CC(Oc2cc(F)c(-c3nnc(-c4cc5c(cc4F)C(C)(C)CC(C)C(C)C5)o3)c(F)c2F)=CC=C(C(C)(C)C2=CC=C(OC(C)(CC)CC)C=C(CC=C)C2)C1. The third kappa shape index (κ3) is 9.66. The average molecular weight is 837 g/mol. The lowest BCUT2D eigenvalue weighted by atomic mass is 9.72. The minimum atomic E-state index is -1.57. The molecule has 0 saturated carbocycles. The number of nitrogens with zero attached hydrogens (tertiary/aromatic N) is 2. The highest BCUT2D eigenvalue weighted by Gasteiger charge is 2.35. The van der Waals surface area contributed by atoms with Crippen molar-refractivity contribution >= 4 is 0 Å². The van der Waals surface area contributed by atoms with E-state index in [9.17, 15) is 0 Å². The molecule has 0 amide bonds. The first-order valence-electron chi connectivity index (χ1n) is 21.5. The molecule has 0 spiro atoms. The van der Waals surface area contributed by atoms with Crippen LogP contribution in [-0.2, 0) is 16.6 Å². The molecule has 1 heterocycles. The van der Waals surface area contributed by atoms with Crippen LogP contribution >= 0.6 is 0 Å². The molecule has 0 bridgehead atoms. The van der Waals surface area contributed by atoms with Crippen LogP contribution in [0.5, 0.6) is 5.75 Å². The lowest BCUT2D eigenvalue weighted by Crippen LogP contribution is -2.26. The van der Waals surface area contributed by atoms with Gasteiger partial charge in [0.25, 0.3) is 11.8 Å². The zero-order chi connectivity index (χ0) is 44.4. The predicted molar refractivity (Wildman–Crippen MR) is 237 cm³/mol. The molecule has 3 aliphatic rings. The number of benzene rings is 2. The van der Waals surface area contributed by atoms with Crippen LogP contribution < -0.4 is 4.74 Å². The summed E-state index contributed by atoms with van der Waals surface area (Å²) in [5.41, 5.74) is 4.33. The Morgan fingerprint density at radius 1 is 0.787 bits per heavy atom. The molecule has 0 radical (unpaired) electrons. The Morgan fingerprint density at radius 3 is 1.98 bits per heavy atom. The second-order valence-electron chi connectivity index (χ2n) is 18.5. The van der Waals surface area contributed by atoms with Crippen LogP contribution in [0.1, 0.15) is 118 Å². The number of halogens is 4. The van der Waals surface area contributed by atoms with Gasteiger partial charge in [-0.2, -0.15) is 4.39 Å². The van der Waals surface area contributed by atoms with Gasteiger partial charge in [-0.3, -0.25) is 0 Å². The normalized spacial score (nSPS) is 19.4. The summed E-state index contributed by atoms with van der Waals surface area (Å²) in [5.74, 6) is -4.57. The summed E-state index contributed by atoms with van der Waals surface area (Å²) < 4.78 is 81.4. The zero-order valence-corrected chi connectivity index (χ0v) is 37.2. The maximum atomic E-state index is 15.9. The molecule has 2 unspecified atom stereocenters. The van der Waals surface area contributed by atoms with Gasteiger partial charge in [0.05, 0.1) is 5.56 Å². The number of allylic oxidation sites excluding steroid dienone is 12. The number of fused-ring (bicyclic) bond motifs is 1. The Kier molecular flexibility index (Phi) is 13.4. The fourth-order valence-electron chi connectivity index (χ4n) is 8.73. The quantitative estimate of drug-likeness (QED) is 0.0701. The lowest BCUT2D eigenvalue weighted by molar-refractivity contribution is 0.0178. The van der Waals surface area contributed by atoms with Gasteiger partial charge in [-0.25, -0.2) is 13.2 Å². The van der Waals surface area contributed by atoms with Crippen molar-refractivity contribution in [2.45, 2.75) is 125 Å². The standard InChI is InChI=1S/C52H60F4N2O3/c1-12-16-33-23-36(51(9,10)37-19-21-39(26-34(24-37)17-13-2)61-52(11,14-3)15-4)18-20-38(25-33)59-44-29-43(54)45(47(56)46(44)55)49-58-57-48(60-49)40-27-35-22-31(5)32(6)30-50(7,8)41(35)28-42(40)53/h12-13,18-21,25-29,31-32H,1-2,14-17,22-24,30H2,3-11H3. The van der Waals surface area contributed by atoms with Gasteiger partial charge in [-0.15, -0.1) is 23.4 Å². The second-order valence-corrected chi connectivity index (χ2v) is 18.5. The summed E-state index contributed by atoms with van der Waals surface area (Å²) in [6, 6.07) is 3.93. The Morgan fingerprint density at radius 2 is 1.38 bits per heavy atom. The molecule has 0 saturated heterocycles. The molecule has 61 heavy (non-hydrogen) atoms. The van der Waals surface area contributed by atoms with Gasteiger partial charge in [-0.05, 0) is 123 Å². The van der Waals surface area contributed by atoms with Gasteiger partial charge in [-0.1, -0.05) is 102 Å². The van der Waals surface area contributed by atoms with Crippen molar-refractivity contribution < 1.29 is 31.5 Å². The summed E-state index contributed by atoms with van der Waals surface area (Å²) >= 11 is 0. The van der Waals surface area contributed by atoms with E-state index in [-0.39, 0.29) is 28.2 Å². The first kappa shape index (κ1) is 45.3. The molecule has 6 rings (SSSR count). The highest BCUT2D eigenvalue weighted by atomic mass is 19.2. The van der Waals surface area contributed by atoms with Crippen LogP contribution in [0.4, 0.5) is 17.6 Å². The van der Waals surface area contributed by atoms with Crippen LogP contribution in [0, 0.1) is 40.5 Å². The maximum Gasteiger partial charge on any atom is 0.254 e. The smallest absolute Gasteiger partial charge is 0.254 e. The first-order valence-corrected chi connectivity index (χ1v) is 21.5. The summed E-state index contributed by atoms with van der Waals surface area (Å²) in [7, 11) is 0. The molecule has 5 nitrogen and oxygen atoms in total. The molecule has 0 aliphatic heterocycles. The van der Waals surface area contributed by atoms with Gasteiger partial charge in [0.1, 0.15) is 34.3 Å². The maximum absolute atomic E-state index is 15.9. The minimum Gasteiger partial charge on any atom is -0.488 e. The second kappa shape index (κ2) is 18.0. The molecule has 0 N–H and O–H groups in total. The van der Waals surface area contributed by atoms with Crippen molar-refractivity contribution in [1.29, 1.82) is 0 Å². The number of ether oxygens (including phenoxy) is 2. The van der Waals surface area contributed by atoms with Crippen molar-refractivity contribution in [3.8, 4) is 28.7 Å². The van der Waals surface area contributed by atoms with Gasteiger partial charge in [0, 0.05) is 11.5 Å². The van der Waals surface area contributed by atoms with E-state index >= 15 is 17.6 Å². The lowest BCUT2D eigenvalue weighted by Gasteiger charge is -2.32. The molecule has 3 aromatic rings. The molecule has 2 aromatic carbocycles. The van der Waals surface area contributed by atoms with Gasteiger partial charge in [0.2, 0.25) is 5.82 Å². The first-order chi connectivity index (χ1) is 28.8. The highest BCUT2D eigenvalue weighted by Crippen LogP contribution is 2.46. The van der Waals surface area contributed by atoms with Crippen LogP contribution in [0.25, 0.3) is 22.9 Å². The van der Waals surface area contributed by atoms with Gasteiger partial charge in [0.15, 0.2) is 11.6 Å². The summed E-state index contributed by atoms with van der Waals surface area (Å²) in [6.45, 7) is 27.2. The highest BCUT2D eigenvalue weighted by molar-refractivity contribution is 5.62. The van der Waals surface area contributed by atoms with Crippen LogP contribution in [0.3, 0.4) is 0 Å². The van der Waals surface area contributed by atoms with Crippen molar-refractivity contribution in [3.05, 3.63) is 148 Å². The van der Waals surface area contributed by atoms with Crippen LogP contribution in [0.15, 0.2) is 118 Å². The number of hydrogen-bond donors (Lipinski definition) is 0. The molecular formula is C52H60F4N2O3. The van der Waals surface area contributed by atoms with Crippen molar-refractivity contribution in [3.63, 3.8) is 0 Å². The summed E-state index contributed by atoms with van der Waals surface area (Å²) in [6.07, 6.45) is 21.2. The average Bonchev–Trinajstić information content (AvgIpc) is 3.42. The Hall–Kier alpha value is -5.18. The Balaban J connectivity index is 1.30. The zero-order valence-electron chi connectivity index (χ0n) is 37.2. The van der Waals surface area contributed by atoms with E-state index in [1.165, 1.54) is 17.2 Å². The Labute approximate surface area is 359 Å². The van der Waals surface area contributed by atoms with E-state index in [4.69, 9.17) is 13.9 Å². The topological polar surface area (TPSA) is 57.4 Å². The van der Waals surface area contributed by atoms with E-state index in [2.05, 4.69) is 97.8 Å². The van der Waals surface area contributed by atoms with Crippen molar-refractivity contribution in [1.82, 2.24) is 10.2 Å². The predicted octanol–water partition coefficient (Wildman–Crippen LogP) is 14.9. The van der Waals surface area contributed by atoms with E-state index in [1.807, 2.05) is 18.2 Å². The monoisotopic (exact) mass is 836 g/mol. The molecule has 324 valence electrons. The largest absolute Gasteiger partial charge is 0.488 e.